The summed E-state index contributed by atoms with van der Waals surface area (Å²) in [4.78, 5) is 20.4. The van der Waals surface area contributed by atoms with E-state index in [1.165, 1.54) is 0 Å². The lowest BCUT2D eigenvalue weighted by Crippen LogP contribution is -2.25. The molecule has 2 heterocycles. The average Bonchev–Trinajstić information content (AvgIpc) is 2.46. The third-order valence-electron chi connectivity index (χ3n) is 2.61. The van der Waals surface area contributed by atoms with E-state index in [-0.39, 0.29) is 12.0 Å². The largest absolute Gasteiger partial charge is 0.475 e. The first kappa shape index (κ1) is 15.4. The number of amides is 1. The number of hydrogen-bond acceptors (Lipinski definition) is 4. The zero-order chi connectivity index (χ0) is 15.2. The third kappa shape index (κ3) is 4.26. The predicted octanol–water partition coefficient (Wildman–Crippen LogP) is 2.96. The Labute approximate surface area is 131 Å². The summed E-state index contributed by atoms with van der Waals surface area (Å²) in [6.45, 7) is 4.20. The fraction of sp³-hybridized carbons (Fsp3) is 0.267. The highest BCUT2D eigenvalue weighted by atomic mass is 79.9. The first-order chi connectivity index (χ1) is 10.1. The fourth-order valence-corrected chi connectivity index (χ4v) is 2.14. The Morgan fingerprint density at radius 2 is 2.00 bits per heavy atom. The summed E-state index contributed by atoms with van der Waals surface area (Å²) in [5.74, 6) is 0.287. The lowest BCUT2D eigenvalue weighted by Gasteiger charge is -2.13. The zero-order valence-corrected chi connectivity index (χ0v) is 13.4. The van der Waals surface area contributed by atoms with Crippen molar-refractivity contribution in [3.63, 3.8) is 0 Å². The smallest absolute Gasteiger partial charge is 0.271 e. The molecule has 0 fully saturated rings. The number of pyridine rings is 2. The van der Waals surface area contributed by atoms with Gasteiger partial charge in [-0.05, 0) is 48.0 Å². The van der Waals surface area contributed by atoms with E-state index in [4.69, 9.17) is 4.74 Å². The molecule has 0 bridgehead atoms. The van der Waals surface area contributed by atoms with Gasteiger partial charge >= 0.3 is 0 Å². The highest BCUT2D eigenvalue weighted by molar-refractivity contribution is 9.10. The molecular formula is C15H16BrN3O2. The minimum absolute atomic E-state index is 0.0271. The number of carbonyl (C=O) groups is 1. The van der Waals surface area contributed by atoms with Crippen molar-refractivity contribution < 1.29 is 9.53 Å². The van der Waals surface area contributed by atoms with E-state index < -0.39 is 0 Å². The van der Waals surface area contributed by atoms with Gasteiger partial charge in [-0.25, -0.2) is 9.97 Å². The second-order valence-electron chi connectivity index (χ2n) is 4.65. The molecule has 0 saturated heterocycles. The molecule has 0 radical (unpaired) electrons. The van der Waals surface area contributed by atoms with Gasteiger partial charge in [-0.1, -0.05) is 6.07 Å². The maximum Gasteiger partial charge on any atom is 0.271 e. The van der Waals surface area contributed by atoms with E-state index in [9.17, 15) is 4.79 Å². The SMILES string of the molecule is CC(C)Oc1ncccc1CNC(=O)c1ncccc1Br. The molecule has 2 rings (SSSR count). The molecule has 0 aliphatic heterocycles. The first-order valence-electron chi connectivity index (χ1n) is 6.57. The number of aromatic nitrogens is 2. The van der Waals surface area contributed by atoms with Gasteiger partial charge in [0.25, 0.3) is 5.91 Å². The number of halogens is 1. The molecule has 0 aliphatic rings. The van der Waals surface area contributed by atoms with Crippen molar-refractivity contribution >= 4 is 21.8 Å². The summed E-state index contributed by atoms with van der Waals surface area (Å²) in [6, 6.07) is 7.22. The third-order valence-corrected chi connectivity index (χ3v) is 3.25. The van der Waals surface area contributed by atoms with Crippen molar-refractivity contribution in [2.24, 2.45) is 0 Å². The van der Waals surface area contributed by atoms with Gasteiger partial charge < -0.3 is 10.1 Å². The molecule has 2 aromatic rings. The average molecular weight is 350 g/mol. The quantitative estimate of drug-likeness (QED) is 0.901. The van der Waals surface area contributed by atoms with Crippen LogP contribution in [0, 0.1) is 0 Å². The Hall–Kier alpha value is -1.95. The molecule has 0 unspecified atom stereocenters. The number of rotatable bonds is 5. The first-order valence-corrected chi connectivity index (χ1v) is 7.36. The maximum absolute atomic E-state index is 12.1. The van der Waals surface area contributed by atoms with E-state index in [2.05, 4.69) is 31.2 Å². The van der Waals surface area contributed by atoms with Gasteiger partial charge in [0.2, 0.25) is 5.88 Å². The minimum Gasteiger partial charge on any atom is -0.475 e. The van der Waals surface area contributed by atoms with Crippen LogP contribution in [0.2, 0.25) is 0 Å². The van der Waals surface area contributed by atoms with Crippen LogP contribution in [0.5, 0.6) is 5.88 Å². The number of ether oxygens (including phenoxy) is 1. The van der Waals surface area contributed by atoms with E-state index in [0.29, 0.717) is 22.6 Å². The topological polar surface area (TPSA) is 64.1 Å². The Kier molecular flexibility index (Phi) is 5.27. The maximum atomic E-state index is 12.1. The fourth-order valence-electron chi connectivity index (χ4n) is 1.70. The number of hydrogen-bond donors (Lipinski definition) is 1. The van der Waals surface area contributed by atoms with Crippen LogP contribution in [-0.4, -0.2) is 22.0 Å². The van der Waals surface area contributed by atoms with E-state index >= 15 is 0 Å². The molecule has 0 aromatic carbocycles. The van der Waals surface area contributed by atoms with Gasteiger partial charge in [-0.2, -0.15) is 0 Å². The number of nitrogens with one attached hydrogen (secondary N) is 1. The summed E-state index contributed by atoms with van der Waals surface area (Å²) in [5.41, 5.74) is 1.18. The summed E-state index contributed by atoms with van der Waals surface area (Å²) >= 11 is 3.31. The van der Waals surface area contributed by atoms with Crippen molar-refractivity contribution in [3.8, 4) is 5.88 Å². The van der Waals surface area contributed by atoms with Crippen molar-refractivity contribution in [1.82, 2.24) is 15.3 Å². The van der Waals surface area contributed by atoms with Crippen LogP contribution in [0.4, 0.5) is 0 Å². The highest BCUT2D eigenvalue weighted by Gasteiger charge is 2.12. The second kappa shape index (κ2) is 7.17. The van der Waals surface area contributed by atoms with E-state index in [0.717, 1.165) is 5.56 Å². The van der Waals surface area contributed by atoms with Crippen molar-refractivity contribution in [2.45, 2.75) is 26.5 Å². The van der Waals surface area contributed by atoms with Gasteiger partial charge in [0, 0.05) is 29.0 Å². The Balaban J connectivity index is 2.07. The predicted molar refractivity (Wildman–Crippen MR) is 83.1 cm³/mol. The number of nitrogens with zero attached hydrogens (tertiary/aromatic N) is 2. The zero-order valence-electron chi connectivity index (χ0n) is 11.8. The Bertz CT molecular complexity index is 632. The van der Waals surface area contributed by atoms with Crippen LogP contribution >= 0.6 is 15.9 Å². The van der Waals surface area contributed by atoms with Crippen molar-refractivity contribution in [3.05, 3.63) is 52.4 Å². The van der Waals surface area contributed by atoms with Gasteiger partial charge in [0.05, 0.1) is 6.10 Å². The molecule has 5 nitrogen and oxygen atoms in total. The van der Waals surface area contributed by atoms with Crippen LogP contribution in [0.1, 0.15) is 29.9 Å². The lowest BCUT2D eigenvalue weighted by atomic mass is 10.2. The molecule has 6 heteroatoms. The Morgan fingerprint density at radius 1 is 1.29 bits per heavy atom. The van der Waals surface area contributed by atoms with E-state index in [1.54, 1.807) is 24.5 Å². The molecule has 1 N–H and O–H groups in total. The van der Waals surface area contributed by atoms with Crippen LogP contribution < -0.4 is 10.1 Å². The van der Waals surface area contributed by atoms with Crippen molar-refractivity contribution in [2.75, 3.05) is 0 Å². The van der Waals surface area contributed by atoms with Crippen LogP contribution in [0.3, 0.4) is 0 Å². The van der Waals surface area contributed by atoms with E-state index in [1.807, 2.05) is 26.0 Å². The van der Waals surface area contributed by atoms with Gasteiger partial charge in [0.15, 0.2) is 0 Å². The molecule has 110 valence electrons. The summed E-state index contributed by atoms with van der Waals surface area (Å²) in [7, 11) is 0. The normalized spacial score (nSPS) is 10.5. The summed E-state index contributed by atoms with van der Waals surface area (Å²) < 4.78 is 6.28. The van der Waals surface area contributed by atoms with Crippen LogP contribution in [0.15, 0.2) is 41.1 Å². The minimum atomic E-state index is -0.248. The van der Waals surface area contributed by atoms with Crippen molar-refractivity contribution in [1.29, 1.82) is 0 Å². The molecule has 0 saturated carbocycles. The monoisotopic (exact) mass is 349 g/mol. The molecule has 21 heavy (non-hydrogen) atoms. The standard InChI is InChI=1S/C15H16BrN3O2/c1-10(2)21-15-11(5-3-8-18-15)9-19-14(20)13-12(16)6-4-7-17-13/h3-8,10H,9H2,1-2H3,(H,19,20). The summed E-state index contributed by atoms with van der Waals surface area (Å²) in [5, 5.41) is 2.82. The molecule has 1 amide bonds. The molecule has 0 aliphatic carbocycles. The van der Waals surface area contributed by atoms with Gasteiger partial charge in [-0.15, -0.1) is 0 Å². The summed E-state index contributed by atoms with van der Waals surface area (Å²) in [6.07, 6.45) is 3.27. The van der Waals surface area contributed by atoms with Crippen LogP contribution in [0.25, 0.3) is 0 Å². The molecule has 2 aromatic heterocycles. The molecular weight excluding hydrogens is 334 g/mol. The Morgan fingerprint density at radius 3 is 2.71 bits per heavy atom. The van der Waals surface area contributed by atoms with Gasteiger partial charge in [0.1, 0.15) is 5.69 Å². The molecule has 0 spiro atoms. The lowest BCUT2D eigenvalue weighted by molar-refractivity contribution is 0.0944. The van der Waals surface area contributed by atoms with Crippen LogP contribution in [-0.2, 0) is 6.54 Å². The molecule has 0 atom stereocenters. The highest BCUT2D eigenvalue weighted by Crippen LogP contribution is 2.17. The number of carbonyl (C=O) groups excluding carboxylic acids is 1. The second-order valence-corrected chi connectivity index (χ2v) is 5.51. The van der Waals surface area contributed by atoms with Gasteiger partial charge in [-0.3, -0.25) is 4.79 Å².